The molecule has 1 N–H and O–H groups in total. The fourth-order valence-corrected chi connectivity index (χ4v) is 2.79. The third-order valence-corrected chi connectivity index (χ3v) is 4.27. The van der Waals surface area contributed by atoms with Gasteiger partial charge in [0.2, 0.25) is 5.91 Å². The van der Waals surface area contributed by atoms with E-state index >= 15 is 0 Å². The van der Waals surface area contributed by atoms with Crippen LogP contribution in [0.2, 0.25) is 0 Å². The van der Waals surface area contributed by atoms with Gasteiger partial charge in [-0.1, -0.05) is 0 Å². The van der Waals surface area contributed by atoms with Gasteiger partial charge >= 0.3 is 6.18 Å². The minimum Gasteiger partial charge on any atom is -0.382 e. The third-order valence-electron chi connectivity index (χ3n) is 4.27. The van der Waals surface area contributed by atoms with Crippen molar-refractivity contribution in [3.05, 3.63) is 35.4 Å². The predicted octanol–water partition coefficient (Wildman–Crippen LogP) is 2.09. The molecule has 2 rings (SSSR count). The molecule has 0 bridgehead atoms. The summed E-state index contributed by atoms with van der Waals surface area (Å²) in [5.74, 6) is -0.532. The molecule has 1 saturated heterocycles. The van der Waals surface area contributed by atoms with E-state index in [0.29, 0.717) is 39.1 Å². The van der Waals surface area contributed by atoms with Crippen molar-refractivity contribution in [2.45, 2.75) is 25.1 Å². The molecule has 150 valence electrons. The number of ether oxygens (including phenoxy) is 2. The minimum absolute atomic E-state index is 0.0476. The Morgan fingerprint density at radius 1 is 1.15 bits per heavy atom. The maximum absolute atomic E-state index is 12.6. The van der Waals surface area contributed by atoms with Gasteiger partial charge in [-0.15, -0.1) is 0 Å². The van der Waals surface area contributed by atoms with Crippen molar-refractivity contribution < 1.29 is 32.2 Å². The van der Waals surface area contributed by atoms with E-state index in [2.05, 4.69) is 5.32 Å². The quantitative estimate of drug-likeness (QED) is 0.727. The topological polar surface area (TPSA) is 67.9 Å². The molecule has 0 atom stereocenters. The summed E-state index contributed by atoms with van der Waals surface area (Å²) in [6.45, 7) is 1.56. The zero-order valence-electron chi connectivity index (χ0n) is 15.1. The lowest BCUT2D eigenvalue weighted by molar-refractivity contribution is -0.137. The number of alkyl halides is 3. The number of nitrogens with one attached hydrogen (secondary N) is 1. The summed E-state index contributed by atoms with van der Waals surface area (Å²) in [4.78, 5) is 25.8. The Hall–Kier alpha value is -2.13. The lowest BCUT2D eigenvalue weighted by Gasteiger charge is -2.32. The number of amides is 2. The molecular formula is C18H23F3N2O4. The Morgan fingerprint density at radius 2 is 1.78 bits per heavy atom. The highest BCUT2D eigenvalue weighted by Gasteiger charge is 2.31. The number of rotatable bonds is 7. The zero-order chi connectivity index (χ0) is 19.9. The number of hydrogen-bond acceptors (Lipinski definition) is 4. The highest BCUT2D eigenvalue weighted by molar-refractivity contribution is 5.94. The van der Waals surface area contributed by atoms with Gasteiger partial charge in [0.1, 0.15) is 6.61 Å². The SMILES string of the molecule is COCCOCC(=O)NC1CCN(C(=O)c2ccc(C(F)(F)F)cc2)CC1. The summed E-state index contributed by atoms with van der Waals surface area (Å²) < 4.78 is 47.7. The monoisotopic (exact) mass is 388 g/mol. The second kappa shape index (κ2) is 9.70. The van der Waals surface area contributed by atoms with Crippen LogP contribution in [0.4, 0.5) is 13.2 Å². The number of carbonyl (C=O) groups is 2. The normalized spacial score (nSPS) is 15.6. The number of halogens is 3. The molecule has 6 nitrogen and oxygen atoms in total. The van der Waals surface area contributed by atoms with Crippen molar-refractivity contribution >= 4 is 11.8 Å². The summed E-state index contributed by atoms with van der Waals surface area (Å²) in [5.41, 5.74) is -0.565. The molecule has 1 fully saturated rings. The van der Waals surface area contributed by atoms with Crippen LogP contribution < -0.4 is 5.32 Å². The van der Waals surface area contributed by atoms with Crippen LogP contribution in [0, 0.1) is 0 Å². The average molecular weight is 388 g/mol. The molecule has 0 aliphatic carbocycles. The van der Waals surface area contributed by atoms with E-state index in [4.69, 9.17) is 9.47 Å². The zero-order valence-corrected chi connectivity index (χ0v) is 15.1. The summed E-state index contributed by atoms with van der Waals surface area (Å²) in [5, 5.41) is 2.85. The van der Waals surface area contributed by atoms with Gasteiger partial charge in [-0.2, -0.15) is 13.2 Å². The second-order valence-corrected chi connectivity index (χ2v) is 6.25. The molecule has 27 heavy (non-hydrogen) atoms. The van der Waals surface area contributed by atoms with Crippen LogP contribution in [-0.2, 0) is 20.4 Å². The highest BCUT2D eigenvalue weighted by Crippen LogP contribution is 2.29. The fourth-order valence-electron chi connectivity index (χ4n) is 2.79. The summed E-state index contributed by atoms with van der Waals surface area (Å²) >= 11 is 0. The third kappa shape index (κ3) is 6.51. The first-order valence-electron chi connectivity index (χ1n) is 8.64. The number of nitrogens with zero attached hydrogens (tertiary/aromatic N) is 1. The van der Waals surface area contributed by atoms with Gasteiger partial charge in [0.05, 0.1) is 18.8 Å². The minimum atomic E-state index is -4.43. The van der Waals surface area contributed by atoms with Crippen LogP contribution in [0.15, 0.2) is 24.3 Å². The van der Waals surface area contributed by atoms with Gasteiger partial charge in [-0.05, 0) is 37.1 Å². The standard InChI is InChI=1S/C18H23F3N2O4/c1-26-10-11-27-12-16(24)22-15-6-8-23(9-7-15)17(25)13-2-4-14(5-3-13)18(19,20)21/h2-5,15H,6-12H2,1H3,(H,22,24). The van der Waals surface area contributed by atoms with E-state index in [1.807, 2.05) is 0 Å². The first-order chi connectivity index (χ1) is 12.8. The number of likely N-dealkylation sites (tertiary alicyclic amines) is 1. The molecule has 0 spiro atoms. The van der Waals surface area contributed by atoms with Crippen LogP contribution >= 0.6 is 0 Å². The largest absolute Gasteiger partial charge is 0.416 e. The maximum atomic E-state index is 12.6. The Kier molecular flexibility index (Phi) is 7.61. The van der Waals surface area contributed by atoms with Crippen molar-refractivity contribution in [2.24, 2.45) is 0 Å². The first kappa shape index (κ1) is 21.2. The lowest BCUT2D eigenvalue weighted by Crippen LogP contribution is -2.47. The van der Waals surface area contributed by atoms with Gasteiger partial charge in [-0.25, -0.2) is 0 Å². The van der Waals surface area contributed by atoms with E-state index in [0.717, 1.165) is 12.1 Å². The van der Waals surface area contributed by atoms with Crippen LogP contribution in [0.25, 0.3) is 0 Å². The van der Waals surface area contributed by atoms with Crippen molar-refractivity contribution in [3.8, 4) is 0 Å². The number of methoxy groups -OCH3 is 1. The van der Waals surface area contributed by atoms with Gasteiger partial charge in [-0.3, -0.25) is 9.59 Å². The summed E-state index contributed by atoms with van der Waals surface area (Å²) in [6.07, 6.45) is -3.27. The molecule has 0 unspecified atom stereocenters. The van der Waals surface area contributed by atoms with Crippen molar-refractivity contribution in [1.29, 1.82) is 0 Å². The van der Waals surface area contributed by atoms with E-state index in [1.165, 1.54) is 12.1 Å². The van der Waals surface area contributed by atoms with E-state index in [9.17, 15) is 22.8 Å². The maximum Gasteiger partial charge on any atom is 0.416 e. The molecule has 2 amide bonds. The number of hydrogen-bond donors (Lipinski definition) is 1. The molecule has 9 heteroatoms. The van der Waals surface area contributed by atoms with Crippen LogP contribution in [0.1, 0.15) is 28.8 Å². The van der Waals surface area contributed by atoms with E-state index < -0.39 is 11.7 Å². The molecule has 0 saturated carbocycles. The number of piperidine rings is 1. The fraction of sp³-hybridized carbons (Fsp3) is 0.556. The van der Waals surface area contributed by atoms with Gasteiger partial charge in [0, 0.05) is 31.8 Å². The summed E-state index contributed by atoms with van der Waals surface area (Å²) in [7, 11) is 1.54. The Bertz CT molecular complexity index is 626. The smallest absolute Gasteiger partial charge is 0.382 e. The lowest BCUT2D eigenvalue weighted by atomic mass is 10.0. The van der Waals surface area contributed by atoms with Gasteiger partial charge in [0.25, 0.3) is 5.91 Å². The Labute approximate surface area is 155 Å². The molecule has 1 heterocycles. The molecular weight excluding hydrogens is 365 g/mol. The van der Waals surface area contributed by atoms with Gasteiger partial charge in [0.15, 0.2) is 0 Å². The van der Waals surface area contributed by atoms with Crippen molar-refractivity contribution in [1.82, 2.24) is 10.2 Å². The highest BCUT2D eigenvalue weighted by atomic mass is 19.4. The van der Waals surface area contributed by atoms with Crippen molar-refractivity contribution in [2.75, 3.05) is 40.0 Å². The average Bonchev–Trinajstić information content (AvgIpc) is 2.65. The number of benzene rings is 1. The molecule has 0 radical (unpaired) electrons. The Morgan fingerprint density at radius 3 is 2.33 bits per heavy atom. The van der Waals surface area contributed by atoms with E-state index in [-0.39, 0.29) is 30.0 Å². The molecule has 1 aliphatic rings. The number of carbonyl (C=O) groups excluding carboxylic acids is 2. The van der Waals surface area contributed by atoms with Crippen molar-refractivity contribution in [3.63, 3.8) is 0 Å². The molecule has 1 aromatic rings. The van der Waals surface area contributed by atoms with Crippen LogP contribution in [-0.4, -0.2) is 62.8 Å². The van der Waals surface area contributed by atoms with Crippen LogP contribution in [0.5, 0.6) is 0 Å². The van der Waals surface area contributed by atoms with Gasteiger partial charge < -0.3 is 19.7 Å². The first-order valence-corrected chi connectivity index (χ1v) is 8.64. The predicted molar refractivity (Wildman–Crippen MR) is 91.2 cm³/mol. The van der Waals surface area contributed by atoms with Crippen LogP contribution in [0.3, 0.4) is 0 Å². The molecule has 1 aliphatic heterocycles. The summed E-state index contributed by atoms with van der Waals surface area (Å²) in [6, 6.07) is 4.14. The molecule has 1 aromatic carbocycles. The molecule has 0 aromatic heterocycles. The second-order valence-electron chi connectivity index (χ2n) is 6.25. The Balaban J connectivity index is 1.78. The van der Waals surface area contributed by atoms with E-state index in [1.54, 1.807) is 12.0 Å².